The zero-order chi connectivity index (χ0) is 13.5. The van der Waals surface area contributed by atoms with Crippen LogP contribution in [0, 0.1) is 5.92 Å². The van der Waals surface area contributed by atoms with E-state index in [1.54, 1.807) is 0 Å². The maximum absolute atomic E-state index is 11.8. The number of urea groups is 1. The molecule has 2 N–H and O–H groups in total. The van der Waals surface area contributed by atoms with Gasteiger partial charge >= 0.3 is 12.0 Å². The second-order valence-electron chi connectivity index (χ2n) is 4.67. The fourth-order valence-electron chi connectivity index (χ4n) is 2.07. The lowest BCUT2D eigenvalue weighted by Crippen LogP contribution is -2.44. The Kier molecular flexibility index (Phi) is 5.64. The molecule has 0 bridgehead atoms. The SMILES string of the molecule is C=CCN(CC(=O)O)C(=O)NCC1CCN(C)C1. The predicted octanol–water partition coefficient (Wildman–Crippen LogP) is 0.220. The van der Waals surface area contributed by atoms with E-state index in [9.17, 15) is 9.59 Å². The van der Waals surface area contributed by atoms with E-state index in [1.165, 1.54) is 11.0 Å². The maximum Gasteiger partial charge on any atom is 0.323 e. The Morgan fingerprint density at radius 1 is 1.61 bits per heavy atom. The molecule has 0 aliphatic carbocycles. The average molecular weight is 255 g/mol. The van der Waals surface area contributed by atoms with Gasteiger partial charge in [0, 0.05) is 19.6 Å². The number of carbonyl (C=O) groups excluding carboxylic acids is 1. The van der Waals surface area contributed by atoms with Crippen molar-refractivity contribution in [3.05, 3.63) is 12.7 Å². The number of rotatable bonds is 6. The van der Waals surface area contributed by atoms with E-state index in [0.29, 0.717) is 12.5 Å². The van der Waals surface area contributed by atoms with Gasteiger partial charge in [-0.1, -0.05) is 6.08 Å². The van der Waals surface area contributed by atoms with Gasteiger partial charge in [0.05, 0.1) is 0 Å². The number of likely N-dealkylation sites (tertiary alicyclic amines) is 1. The van der Waals surface area contributed by atoms with Crippen molar-refractivity contribution in [1.82, 2.24) is 15.1 Å². The molecule has 1 fully saturated rings. The van der Waals surface area contributed by atoms with Crippen LogP contribution in [0.25, 0.3) is 0 Å². The van der Waals surface area contributed by atoms with Crippen LogP contribution < -0.4 is 5.32 Å². The number of nitrogens with one attached hydrogen (secondary N) is 1. The smallest absolute Gasteiger partial charge is 0.323 e. The van der Waals surface area contributed by atoms with Crippen LogP contribution in [0.3, 0.4) is 0 Å². The third-order valence-electron chi connectivity index (χ3n) is 2.99. The van der Waals surface area contributed by atoms with Crippen LogP contribution in [0.5, 0.6) is 0 Å². The molecule has 0 aromatic heterocycles. The Hall–Kier alpha value is -1.56. The van der Waals surface area contributed by atoms with Crippen LogP contribution in [0.15, 0.2) is 12.7 Å². The fourth-order valence-corrected chi connectivity index (χ4v) is 2.07. The summed E-state index contributed by atoms with van der Waals surface area (Å²) in [5, 5.41) is 11.5. The Bertz CT molecular complexity index is 320. The summed E-state index contributed by atoms with van der Waals surface area (Å²) in [7, 11) is 2.05. The Morgan fingerprint density at radius 3 is 2.83 bits per heavy atom. The number of carboxylic acids is 1. The fraction of sp³-hybridized carbons (Fsp3) is 0.667. The van der Waals surface area contributed by atoms with Gasteiger partial charge in [-0.05, 0) is 25.9 Å². The number of nitrogens with zero attached hydrogens (tertiary/aromatic N) is 2. The molecule has 2 amide bonds. The lowest BCUT2D eigenvalue weighted by Gasteiger charge is -2.20. The molecule has 6 heteroatoms. The predicted molar refractivity (Wildman–Crippen MR) is 68.4 cm³/mol. The van der Waals surface area contributed by atoms with E-state index in [4.69, 9.17) is 5.11 Å². The number of carboxylic acid groups (broad SMARTS) is 1. The topological polar surface area (TPSA) is 72.9 Å². The van der Waals surface area contributed by atoms with Crippen LogP contribution >= 0.6 is 0 Å². The molecule has 1 rings (SSSR count). The van der Waals surface area contributed by atoms with E-state index in [1.807, 2.05) is 0 Å². The van der Waals surface area contributed by atoms with Gasteiger partial charge in [0.25, 0.3) is 0 Å². The first-order valence-electron chi connectivity index (χ1n) is 6.07. The first-order valence-corrected chi connectivity index (χ1v) is 6.07. The third kappa shape index (κ3) is 4.75. The van der Waals surface area contributed by atoms with E-state index in [-0.39, 0.29) is 19.1 Å². The molecule has 1 unspecified atom stereocenters. The molecule has 1 aliphatic rings. The van der Waals surface area contributed by atoms with Crippen molar-refractivity contribution in [1.29, 1.82) is 0 Å². The van der Waals surface area contributed by atoms with Crippen LogP contribution in [-0.2, 0) is 4.79 Å². The van der Waals surface area contributed by atoms with Gasteiger partial charge in [0.2, 0.25) is 0 Å². The monoisotopic (exact) mass is 255 g/mol. The van der Waals surface area contributed by atoms with Crippen LogP contribution in [0.1, 0.15) is 6.42 Å². The quantitative estimate of drug-likeness (QED) is 0.666. The minimum atomic E-state index is -1.02. The second kappa shape index (κ2) is 7.00. The van der Waals surface area contributed by atoms with E-state index in [2.05, 4.69) is 23.8 Å². The van der Waals surface area contributed by atoms with Crippen LogP contribution in [0.2, 0.25) is 0 Å². The standard InChI is InChI=1S/C12H21N3O3/c1-3-5-15(9-11(16)17)12(18)13-7-10-4-6-14(2)8-10/h3,10H,1,4-9H2,2H3,(H,13,18)(H,16,17). The highest BCUT2D eigenvalue weighted by Crippen LogP contribution is 2.12. The molecule has 1 heterocycles. The summed E-state index contributed by atoms with van der Waals surface area (Å²) in [5.74, 6) is -0.568. The normalized spacial score (nSPS) is 19.5. The highest BCUT2D eigenvalue weighted by atomic mass is 16.4. The average Bonchev–Trinajstić information content (AvgIpc) is 2.71. The lowest BCUT2D eigenvalue weighted by molar-refractivity contribution is -0.137. The van der Waals surface area contributed by atoms with Crippen molar-refractivity contribution >= 4 is 12.0 Å². The number of aliphatic carboxylic acids is 1. The van der Waals surface area contributed by atoms with Crippen LogP contribution in [-0.4, -0.2) is 66.7 Å². The van der Waals surface area contributed by atoms with Gasteiger partial charge in [-0.25, -0.2) is 4.79 Å². The van der Waals surface area contributed by atoms with E-state index >= 15 is 0 Å². The number of amides is 2. The van der Waals surface area contributed by atoms with E-state index in [0.717, 1.165) is 19.5 Å². The minimum absolute atomic E-state index is 0.239. The summed E-state index contributed by atoms with van der Waals surface area (Å²) >= 11 is 0. The number of hydrogen-bond donors (Lipinski definition) is 2. The van der Waals surface area contributed by atoms with Crippen molar-refractivity contribution in [2.45, 2.75) is 6.42 Å². The highest BCUT2D eigenvalue weighted by molar-refractivity contribution is 5.80. The molecule has 1 saturated heterocycles. The molecule has 6 nitrogen and oxygen atoms in total. The summed E-state index contributed by atoms with van der Waals surface area (Å²) in [6.45, 7) is 6.07. The summed E-state index contributed by atoms with van der Waals surface area (Å²) in [6, 6.07) is -0.341. The molecule has 0 aromatic rings. The van der Waals surface area contributed by atoms with Gasteiger partial charge in [-0.2, -0.15) is 0 Å². The first-order chi connectivity index (χ1) is 8.52. The van der Waals surface area contributed by atoms with Crippen molar-refractivity contribution in [3.63, 3.8) is 0 Å². The highest BCUT2D eigenvalue weighted by Gasteiger charge is 2.21. The van der Waals surface area contributed by atoms with Crippen molar-refractivity contribution in [3.8, 4) is 0 Å². The molecule has 0 spiro atoms. The molecule has 0 aromatic carbocycles. The number of carbonyl (C=O) groups is 2. The van der Waals surface area contributed by atoms with Gasteiger partial charge in [0.1, 0.15) is 6.54 Å². The largest absolute Gasteiger partial charge is 0.480 e. The summed E-state index contributed by atoms with van der Waals surface area (Å²) in [4.78, 5) is 25.9. The van der Waals surface area contributed by atoms with E-state index < -0.39 is 5.97 Å². The molecule has 1 atom stereocenters. The van der Waals surface area contributed by atoms with Gasteiger partial charge in [0.15, 0.2) is 0 Å². The van der Waals surface area contributed by atoms with Gasteiger partial charge in [-0.15, -0.1) is 6.58 Å². The molecular weight excluding hydrogens is 234 g/mol. The minimum Gasteiger partial charge on any atom is -0.480 e. The van der Waals surface area contributed by atoms with Crippen LogP contribution in [0.4, 0.5) is 4.79 Å². The Morgan fingerprint density at radius 2 is 2.33 bits per heavy atom. The molecule has 0 saturated carbocycles. The third-order valence-corrected chi connectivity index (χ3v) is 2.99. The summed E-state index contributed by atoms with van der Waals surface area (Å²) in [5.41, 5.74) is 0. The summed E-state index contributed by atoms with van der Waals surface area (Å²) in [6.07, 6.45) is 2.59. The Balaban J connectivity index is 2.36. The number of hydrogen-bond acceptors (Lipinski definition) is 3. The molecule has 1 aliphatic heterocycles. The first kappa shape index (κ1) is 14.5. The Labute approximate surface area is 107 Å². The molecular formula is C12H21N3O3. The summed E-state index contributed by atoms with van der Waals surface area (Å²) < 4.78 is 0. The molecule has 18 heavy (non-hydrogen) atoms. The van der Waals surface area contributed by atoms with Crippen molar-refractivity contribution in [2.24, 2.45) is 5.92 Å². The van der Waals surface area contributed by atoms with Gasteiger partial charge in [-0.3, -0.25) is 4.79 Å². The molecule has 102 valence electrons. The zero-order valence-electron chi connectivity index (χ0n) is 10.8. The zero-order valence-corrected chi connectivity index (χ0v) is 10.8. The lowest BCUT2D eigenvalue weighted by atomic mass is 10.1. The maximum atomic E-state index is 11.8. The second-order valence-corrected chi connectivity index (χ2v) is 4.67. The van der Waals surface area contributed by atoms with Gasteiger partial charge < -0.3 is 20.2 Å². The van der Waals surface area contributed by atoms with Crippen molar-refractivity contribution in [2.75, 3.05) is 39.8 Å². The van der Waals surface area contributed by atoms with Crippen molar-refractivity contribution < 1.29 is 14.7 Å². The molecule has 0 radical (unpaired) electrons.